The molecule has 2 heterocycles. The number of ether oxygens (including phenoxy) is 2. The number of hydrogen-bond donors (Lipinski definition) is 1. The molecule has 0 unspecified atom stereocenters. The van der Waals surface area contributed by atoms with Crippen molar-refractivity contribution in [2.75, 3.05) is 11.9 Å². The van der Waals surface area contributed by atoms with E-state index in [1.165, 1.54) is 0 Å². The molecule has 1 amide bonds. The second-order valence-electron chi connectivity index (χ2n) is 7.28. The molecular weight excluding hydrogens is 420 g/mol. The fraction of sp³-hybridized carbons (Fsp3) is 0.208. The van der Waals surface area contributed by atoms with Gasteiger partial charge in [-0.25, -0.2) is 4.98 Å². The van der Waals surface area contributed by atoms with Gasteiger partial charge >= 0.3 is 0 Å². The number of aryl methyl sites for hydroxylation is 1. The number of imidazole rings is 1. The molecule has 0 bridgehead atoms. The lowest BCUT2D eigenvalue weighted by atomic mass is 10.1. The average Bonchev–Trinajstić information content (AvgIpc) is 3.20. The van der Waals surface area contributed by atoms with Crippen molar-refractivity contribution in [1.82, 2.24) is 19.5 Å². The summed E-state index contributed by atoms with van der Waals surface area (Å²) in [4.78, 5) is 25.6. The molecule has 0 aliphatic carbocycles. The first-order valence-electron chi connectivity index (χ1n) is 10.4. The Bertz CT molecular complexity index is 1280. The highest BCUT2D eigenvalue weighted by Gasteiger charge is 2.15. The van der Waals surface area contributed by atoms with E-state index in [9.17, 15) is 4.79 Å². The van der Waals surface area contributed by atoms with Crippen LogP contribution in [0.4, 0.5) is 5.95 Å². The van der Waals surface area contributed by atoms with Crippen LogP contribution in [0.3, 0.4) is 0 Å². The van der Waals surface area contributed by atoms with Crippen molar-refractivity contribution in [3.05, 3.63) is 72.1 Å². The van der Waals surface area contributed by atoms with Gasteiger partial charge in [0, 0.05) is 7.05 Å². The smallest absolute Gasteiger partial charge is 0.247 e. The first kappa shape index (κ1) is 21.8. The number of aromatic nitrogens is 4. The third-order valence-corrected chi connectivity index (χ3v) is 4.77. The molecule has 166 valence electrons. The second kappa shape index (κ2) is 10.2. The van der Waals surface area contributed by atoms with Crippen LogP contribution >= 0.6 is 0 Å². The fourth-order valence-electron chi connectivity index (χ4n) is 3.14. The first-order chi connectivity index (χ1) is 16.1. The number of carbonyl (C=O) groups is 1. The molecule has 0 saturated carbocycles. The molecule has 0 aliphatic rings. The van der Waals surface area contributed by atoms with Crippen LogP contribution in [0.2, 0.25) is 0 Å². The van der Waals surface area contributed by atoms with Crippen LogP contribution in [-0.4, -0.2) is 32.0 Å². The Labute approximate surface area is 190 Å². The molecule has 33 heavy (non-hydrogen) atoms. The highest BCUT2D eigenvalue weighted by Crippen LogP contribution is 2.24. The monoisotopic (exact) mass is 442 g/mol. The Morgan fingerprint density at radius 1 is 1.06 bits per heavy atom. The van der Waals surface area contributed by atoms with E-state index in [1.807, 2.05) is 67.7 Å². The minimum absolute atomic E-state index is 0.156. The lowest BCUT2D eigenvalue weighted by Crippen LogP contribution is -2.17. The van der Waals surface area contributed by atoms with Gasteiger partial charge in [0.05, 0.1) is 25.2 Å². The van der Waals surface area contributed by atoms with Crippen LogP contribution in [0.5, 0.6) is 11.6 Å². The fourth-order valence-corrected chi connectivity index (χ4v) is 3.14. The van der Waals surface area contributed by atoms with Crippen molar-refractivity contribution in [3.8, 4) is 17.7 Å². The average molecular weight is 442 g/mol. The molecule has 0 spiro atoms. The number of amides is 1. The van der Waals surface area contributed by atoms with Gasteiger partial charge in [0.15, 0.2) is 11.2 Å². The summed E-state index contributed by atoms with van der Waals surface area (Å²) in [6.45, 7) is 0.599. The van der Waals surface area contributed by atoms with Crippen molar-refractivity contribution in [2.24, 2.45) is 7.05 Å². The number of nitriles is 1. The normalized spacial score (nSPS) is 10.5. The predicted molar refractivity (Wildman–Crippen MR) is 122 cm³/mol. The minimum atomic E-state index is -0.222. The summed E-state index contributed by atoms with van der Waals surface area (Å²) < 4.78 is 13.2. The van der Waals surface area contributed by atoms with Crippen LogP contribution in [0, 0.1) is 11.3 Å². The van der Waals surface area contributed by atoms with Gasteiger partial charge in [-0.1, -0.05) is 42.5 Å². The standard InChI is InChI=1S/C24H22N6O3/c1-30-16-26-21-22(30)28-24(27-20(31)14-17-6-3-2-4-7-17)29-23(21)33-15-18-8-10-19(11-9-18)32-13-5-12-25/h2-4,6-11,16H,5,13-15H2,1H3,(H,27,28,29,31). The number of fused-ring (bicyclic) bond motifs is 1. The maximum absolute atomic E-state index is 12.5. The van der Waals surface area contributed by atoms with E-state index in [0.717, 1.165) is 11.1 Å². The van der Waals surface area contributed by atoms with E-state index in [2.05, 4.69) is 20.3 Å². The van der Waals surface area contributed by atoms with Crippen molar-refractivity contribution < 1.29 is 14.3 Å². The second-order valence-corrected chi connectivity index (χ2v) is 7.28. The quantitative estimate of drug-likeness (QED) is 0.395. The summed E-state index contributed by atoms with van der Waals surface area (Å²) in [5.41, 5.74) is 2.86. The summed E-state index contributed by atoms with van der Waals surface area (Å²) in [5, 5.41) is 11.3. The van der Waals surface area contributed by atoms with Gasteiger partial charge < -0.3 is 14.0 Å². The third kappa shape index (κ3) is 5.62. The summed E-state index contributed by atoms with van der Waals surface area (Å²) in [6.07, 6.45) is 2.17. The van der Waals surface area contributed by atoms with Crippen LogP contribution < -0.4 is 14.8 Å². The number of benzene rings is 2. The van der Waals surface area contributed by atoms with Gasteiger partial charge in [0.25, 0.3) is 0 Å². The highest BCUT2D eigenvalue weighted by molar-refractivity contribution is 5.91. The number of nitrogens with zero attached hydrogens (tertiary/aromatic N) is 5. The van der Waals surface area contributed by atoms with Crippen molar-refractivity contribution in [3.63, 3.8) is 0 Å². The van der Waals surface area contributed by atoms with E-state index in [-0.39, 0.29) is 30.8 Å². The number of nitrogens with one attached hydrogen (secondary N) is 1. The number of rotatable bonds is 9. The Kier molecular flexibility index (Phi) is 6.75. The van der Waals surface area contributed by atoms with Crippen molar-refractivity contribution >= 4 is 23.0 Å². The molecule has 4 rings (SSSR count). The van der Waals surface area contributed by atoms with Gasteiger partial charge in [0.2, 0.25) is 17.7 Å². The maximum Gasteiger partial charge on any atom is 0.247 e. The molecule has 1 N–H and O–H groups in total. The summed E-state index contributed by atoms with van der Waals surface area (Å²) in [6, 6.07) is 18.9. The van der Waals surface area contributed by atoms with E-state index in [0.29, 0.717) is 29.9 Å². The molecule has 9 heteroatoms. The zero-order valence-corrected chi connectivity index (χ0v) is 18.1. The molecule has 0 atom stereocenters. The van der Waals surface area contributed by atoms with E-state index in [1.54, 1.807) is 10.9 Å². The highest BCUT2D eigenvalue weighted by atomic mass is 16.5. The van der Waals surface area contributed by atoms with Gasteiger partial charge in [-0.05, 0) is 23.3 Å². The van der Waals surface area contributed by atoms with E-state index in [4.69, 9.17) is 14.7 Å². The van der Waals surface area contributed by atoms with Gasteiger partial charge in [0.1, 0.15) is 19.0 Å². The van der Waals surface area contributed by atoms with Gasteiger partial charge in [-0.2, -0.15) is 15.2 Å². The van der Waals surface area contributed by atoms with Crippen LogP contribution in [-0.2, 0) is 24.9 Å². The molecule has 2 aromatic carbocycles. The van der Waals surface area contributed by atoms with Crippen LogP contribution in [0.15, 0.2) is 60.9 Å². The lowest BCUT2D eigenvalue weighted by molar-refractivity contribution is -0.115. The Hall–Kier alpha value is -4.45. The topological polar surface area (TPSA) is 115 Å². The van der Waals surface area contributed by atoms with Crippen LogP contribution in [0.25, 0.3) is 11.2 Å². The number of hydrogen-bond acceptors (Lipinski definition) is 7. The number of carbonyl (C=O) groups excluding carboxylic acids is 1. The predicted octanol–water partition coefficient (Wildman–Crippen LogP) is 3.42. The van der Waals surface area contributed by atoms with E-state index < -0.39 is 0 Å². The largest absolute Gasteiger partial charge is 0.493 e. The SMILES string of the molecule is Cn1cnc2c(OCc3ccc(OCCC#N)cc3)nc(NC(=O)Cc3ccccc3)nc21. The van der Waals surface area contributed by atoms with Gasteiger partial charge in [-0.3, -0.25) is 10.1 Å². The number of anilines is 1. The molecule has 0 radical (unpaired) electrons. The first-order valence-corrected chi connectivity index (χ1v) is 10.4. The van der Waals surface area contributed by atoms with Crippen molar-refractivity contribution in [1.29, 1.82) is 5.26 Å². The molecule has 0 saturated heterocycles. The third-order valence-electron chi connectivity index (χ3n) is 4.77. The molecular formula is C24H22N6O3. The Morgan fingerprint density at radius 3 is 2.61 bits per heavy atom. The van der Waals surface area contributed by atoms with Gasteiger partial charge in [-0.15, -0.1) is 0 Å². The zero-order valence-electron chi connectivity index (χ0n) is 18.1. The summed E-state index contributed by atoms with van der Waals surface area (Å²) in [7, 11) is 1.81. The minimum Gasteiger partial charge on any atom is -0.493 e. The Morgan fingerprint density at radius 2 is 1.85 bits per heavy atom. The van der Waals surface area contributed by atoms with Crippen LogP contribution in [0.1, 0.15) is 17.5 Å². The molecule has 0 aliphatic heterocycles. The summed E-state index contributed by atoms with van der Waals surface area (Å²) >= 11 is 0. The molecule has 4 aromatic rings. The zero-order chi connectivity index (χ0) is 23.0. The molecule has 0 fully saturated rings. The lowest BCUT2D eigenvalue weighted by Gasteiger charge is -2.10. The Balaban J connectivity index is 1.46. The molecule has 2 aromatic heterocycles. The summed E-state index contributed by atoms with van der Waals surface area (Å²) in [5.74, 6) is 0.903. The van der Waals surface area contributed by atoms with E-state index >= 15 is 0 Å². The molecule has 9 nitrogen and oxygen atoms in total. The maximum atomic E-state index is 12.5. The van der Waals surface area contributed by atoms with Crippen molar-refractivity contribution in [2.45, 2.75) is 19.4 Å².